The van der Waals surface area contributed by atoms with Crippen molar-refractivity contribution in [3.05, 3.63) is 23.8 Å². The first kappa shape index (κ1) is 14.8. The van der Waals surface area contributed by atoms with E-state index in [1.165, 1.54) is 25.7 Å². The van der Waals surface area contributed by atoms with E-state index in [1.54, 1.807) is 12.1 Å². The van der Waals surface area contributed by atoms with Crippen molar-refractivity contribution in [3.63, 3.8) is 0 Å². The summed E-state index contributed by atoms with van der Waals surface area (Å²) in [4.78, 5) is 0. The molecule has 0 unspecified atom stereocenters. The number of rotatable bonds is 8. The van der Waals surface area contributed by atoms with E-state index < -0.39 is 0 Å². The normalized spacial score (nSPS) is 11.1. The van der Waals surface area contributed by atoms with E-state index in [1.807, 2.05) is 6.07 Å². The SMILES string of the molecule is CCCC(CCC)NCCc1ccc(O)c(O)c1. The van der Waals surface area contributed by atoms with Gasteiger partial charge in [0.1, 0.15) is 0 Å². The fourth-order valence-corrected chi connectivity index (χ4v) is 2.19. The highest BCUT2D eigenvalue weighted by Crippen LogP contribution is 2.24. The molecule has 0 bridgehead atoms. The van der Waals surface area contributed by atoms with Crippen LogP contribution in [0, 0.1) is 0 Å². The van der Waals surface area contributed by atoms with Crippen LogP contribution in [-0.2, 0) is 6.42 Å². The molecule has 102 valence electrons. The van der Waals surface area contributed by atoms with E-state index in [-0.39, 0.29) is 11.5 Å². The highest BCUT2D eigenvalue weighted by atomic mass is 16.3. The average Bonchev–Trinajstić information content (AvgIpc) is 2.34. The van der Waals surface area contributed by atoms with Gasteiger partial charge >= 0.3 is 0 Å². The van der Waals surface area contributed by atoms with Gasteiger partial charge in [-0.2, -0.15) is 0 Å². The fraction of sp³-hybridized carbons (Fsp3) is 0.600. The third kappa shape index (κ3) is 4.96. The first-order valence-electron chi connectivity index (χ1n) is 6.91. The molecule has 0 aliphatic rings. The average molecular weight is 251 g/mol. The molecule has 18 heavy (non-hydrogen) atoms. The van der Waals surface area contributed by atoms with Gasteiger partial charge in [-0.3, -0.25) is 0 Å². The van der Waals surface area contributed by atoms with Crippen LogP contribution in [-0.4, -0.2) is 22.8 Å². The zero-order valence-electron chi connectivity index (χ0n) is 11.4. The van der Waals surface area contributed by atoms with E-state index >= 15 is 0 Å². The highest BCUT2D eigenvalue weighted by molar-refractivity contribution is 5.40. The van der Waals surface area contributed by atoms with Gasteiger partial charge in [0.2, 0.25) is 0 Å². The largest absolute Gasteiger partial charge is 0.504 e. The molecule has 0 saturated carbocycles. The Balaban J connectivity index is 2.37. The van der Waals surface area contributed by atoms with Gasteiger partial charge in [-0.1, -0.05) is 32.8 Å². The Labute approximate surface area is 110 Å². The van der Waals surface area contributed by atoms with Crippen molar-refractivity contribution in [2.45, 2.75) is 52.0 Å². The molecule has 0 heterocycles. The fourth-order valence-electron chi connectivity index (χ4n) is 2.19. The van der Waals surface area contributed by atoms with Gasteiger partial charge in [-0.25, -0.2) is 0 Å². The molecule has 1 aromatic carbocycles. The summed E-state index contributed by atoms with van der Waals surface area (Å²) in [6, 6.07) is 5.63. The van der Waals surface area contributed by atoms with Crippen molar-refractivity contribution in [2.75, 3.05) is 6.54 Å². The minimum Gasteiger partial charge on any atom is -0.504 e. The third-order valence-electron chi connectivity index (χ3n) is 3.16. The molecule has 0 amide bonds. The molecule has 0 saturated heterocycles. The molecule has 0 aromatic heterocycles. The van der Waals surface area contributed by atoms with Crippen LogP contribution < -0.4 is 5.32 Å². The minimum atomic E-state index is -0.0541. The first-order chi connectivity index (χ1) is 8.67. The van der Waals surface area contributed by atoms with Crippen LogP contribution in [0.5, 0.6) is 11.5 Å². The zero-order chi connectivity index (χ0) is 13.4. The predicted molar refractivity (Wildman–Crippen MR) is 75.1 cm³/mol. The van der Waals surface area contributed by atoms with Crippen LogP contribution in [0.25, 0.3) is 0 Å². The monoisotopic (exact) mass is 251 g/mol. The number of benzene rings is 1. The van der Waals surface area contributed by atoms with Crippen LogP contribution in [0.3, 0.4) is 0 Å². The molecule has 3 heteroatoms. The lowest BCUT2D eigenvalue weighted by atomic mass is 10.1. The van der Waals surface area contributed by atoms with Crippen molar-refractivity contribution in [1.29, 1.82) is 0 Å². The van der Waals surface area contributed by atoms with Gasteiger partial charge in [0.05, 0.1) is 0 Å². The lowest BCUT2D eigenvalue weighted by molar-refractivity contribution is 0.402. The molecule has 3 nitrogen and oxygen atoms in total. The van der Waals surface area contributed by atoms with Crippen molar-refractivity contribution in [2.24, 2.45) is 0 Å². The summed E-state index contributed by atoms with van der Waals surface area (Å²) < 4.78 is 0. The second-order valence-electron chi connectivity index (χ2n) is 4.80. The molecule has 1 aromatic rings. The maximum absolute atomic E-state index is 9.41. The number of aromatic hydroxyl groups is 2. The van der Waals surface area contributed by atoms with E-state index in [2.05, 4.69) is 19.2 Å². The quantitative estimate of drug-likeness (QED) is 0.622. The molecular formula is C15H25NO2. The number of hydrogen-bond donors (Lipinski definition) is 3. The maximum Gasteiger partial charge on any atom is 0.157 e. The summed E-state index contributed by atoms with van der Waals surface area (Å²) in [6.45, 7) is 5.33. The Hall–Kier alpha value is -1.22. The smallest absolute Gasteiger partial charge is 0.157 e. The van der Waals surface area contributed by atoms with Gasteiger partial charge in [0.15, 0.2) is 11.5 Å². The van der Waals surface area contributed by atoms with Crippen molar-refractivity contribution in [3.8, 4) is 11.5 Å². The molecule has 0 aliphatic heterocycles. The number of phenolic OH excluding ortho intramolecular Hbond substituents is 2. The maximum atomic E-state index is 9.41. The van der Waals surface area contributed by atoms with Crippen LogP contribution in [0.4, 0.5) is 0 Å². The van der Waals surface area contributed by atoms with Crippen LogP contribution in [0.1, 0.15) is 45.1 Å². The molecule has 0 fully saturated rings. The number of nitrogens with one attached hydrogen (secondary N) is 1. The summed E-state index contributed by atoms with van der Waals surface area (Å²) in [5.74, 6) is -0.0901. The Morgan fingerprint density at radius 3 is 2.28 bits per heavy atom. The molecule has 0 atom stereocenters. The van der Waals surface area contributed by atoms with Crippen molar-refractivity contribution >= 4 is 0 Å². The van der Waals surface area contributed by atoms with Crippen molar-refractivity contribution < 1.29 is 10.2 Å². The van der Waals surface area contributed by atoms with Crippen molar-refractivity contribution in [1.82, 2.24) is 5.32 Å². The lowest BCUT2D eigenvalue weighted by Gasteiger charge is -2.17. The summed E-state index contributed by atoms with van der Waals surface area (Å²) in [5.41, 5.74) is 1.05. The summed E-state index contributed by atoms with van der Waals surface area (Å²) in [7, 11) is 0. The Kier molecular flexibility index (Phi) is 6.58. The summed E-state index contributed by atoms with van der Waals surface area (Å²) in [5, 5.41) is 22.2. The van der Waals surface area contributed by atoms with E-state index in [0.29, 0.717) is 6.04 Å². The zero-order valence-corrected chi connectivity index (χ0v) is 11.4. The lowest BCUT2D eigenvalue weighted by Crippen LogP contribution is -2.30. The molecular weight excluding hydrogens is 226 g/mol. The van der Waals surface area contributed by atoms with Crippen LogP contribution >= 0.6 is 0 Å². The van der Waals surface area contributed by atoms with Crippen LogP contribution in [0.15, 0.2) is 18.2 Å². The molecule has 0 radical (unpaired) electrons. The first-order valence-corrected chi connectivity index (χ1v) is 6.91. The van der Waals surface area contributed by atoms with Crippen LogP contribution in [0.2, 0.25) is 0 Å². The molecule has 3 N–H and O–H groups in total. The van der Waals surface area contributed by atoms with E-state index in [0.717, 1.165) is 18.5 Å². The topological polar surface area (TPSA) is 52.5 Å². The minimum absolute atomic E-state index is 0.0360. The summed E-state index contributed by atoms with van der Waals surface area (Å²) in [6.07, 6.45) is 5.72. The Morgan fingerprint density at radius 1 is 1.06 bits per heavy atom. The molecule has 0 spiro atoms. The van der Waals surface area contributed by atoms with Gasteiger partial charge in [-0.15, -0.1) is 0 Å². The molecule has 0 aliphatic carbocycles. The summed E-state index contributed by atoms with van der Waals surface area (Å²) >= 11 is 0. The highest BCUT2D eigenvalue weighted by Gasteiger charge is 2.06. The predicted octanol–water partition coefficient (Wildman–Crippen LogP) is 3.20. The van der Waals surface area contributed by atoms with Gasteiger partial charge < -0.3 is 15.5 Å². The van der Waals surface area contributed by atoms with Gasteiger partial charge in [0.25, 0.3) is 0 Å². The standard InChI is InChI=1S/C15H25NO2/c1-3-5-13(6-4-2)16-10-9-12-7-8-14(17)15(18)11-12/h7-8,11,13,16-18H,3-6,9-10H2,1-2H3. The third-order valence-corrected chi connectivity index (χ3v) is 3.16. The second kappa shape index (κ2) is 7.98. The van der Waals surface area contributed by atoms with Gasteiger partial charge in [0, 0.05) is 6.04 Å². The van der Waals surface area contributed by atoms with E-state index in [9.17, 15) is 10.2 Å². The number of phenols is 2. The number of hydrogen-bond acceptors (Lipinski definition) is 3. The second-order valence-corrected chi connectivity index (χ2v) is 4.80. The van der Waals surface area contributed by atoms with Gasteiger partial charge in [-0.05, 0) is 43.5 Å². The Bertz CT molecular complexity index is 346. The Morgan fingerprint density at radius 2 is 1.72 bits per heavy atom. The van der Waals surface area contributed by atoms with E-state index in [4.69, 9.17) is 0 Å². The molecule has 1 rings (SSSR count).